The Balaban J connectivity index is 1.21. The van der Waals surface area contributed by atoms with E-state index in [1.807, 2.05) is 0 Å². The highest BCUT2D eigenvalue weighted by molar-refractivity contribution is 5.88. The van der Waals surface area contributed by atoms with Crippen LogP contribution in [0.4, 0.5) is 0 Å². The number of rotatable bonds is 4. The average Bonchev–Trinajstić information content (AvgIpc) is 3.33. The first-order chi connectivity index (χ1) is 13.4. The van der Waals surface area contributed by atoms with E-state index < -0.39 is 0 Å². The van der Waals surface area contributed by atoms with E-state index in [9.17, 15) is 0 Å². The molecule has 1 fully saturated rings. The second-order valence-corrected chi connectivity index (χ2v) is 7.56. The standard InChI is InChI=1S/C24H25N3/c1-3-9-23-20(7-1)19(16-25-23)6-5-13-27-14-11-18(12-15-27)22-17-26-24-10-4-2-8-21(22)24/h1-10,16-18,25-26H,11-15H2. The number of nitrogens with one attached hydrogen (secondary N) is 2. The van der Waals surface area contributed by atoms with Gasteiger partial charge in [-0.3, -0.25) is 4.90 Å². The molecule has 27 heavy (non-hydrogen) atoms. The second-order valence-electron chi connectivity index (χ2n) is 7.56. The molecule has 0 saturated carbocycles. The van der Waals surface area contributed by atoms with Crippen LogP contribution in [-0.4, -0.2) is 34.5 Å². The SMILES string of the molecule is C(=Cc1c[nH]c2ccccc12)CN1CCC(c2c[nH]c3ccccc23)CC1. The summed E-state index contributed by atoms with van der Waals surface area (Å²) in [7, 11) is 0. The van der Waals surface area contributed by atoms with Crippen molar-refractivity contribution in [1.29, 1.82) is 0 Å². The number of nitrogens with zero attached hydrogens (tertiary/aromatic N) is 1. The number of likely N-dealkylation sites (tertiary alicyclic amines) is 1. The van der Waals surface area contributed by atoms with Crippen molar-refractivity contribution >= 4 is 27.9 Å². The minimum Gasteiger partial charge on any atom is -0.361 e. The van der Waals surface area contributed by atoms with Crippen molar-refractivity contribution in [1.82, 2.24) is 14.9 Å². The predicted octanol–water partition coefficient (Wildman–Crippen LogP) is 5.54. The van der Waals surface area contributed by atoms with Crippen molar-refractivity contribution in [3.63, 3.8) is 0 Å². The van der Waals surface area contributed by atoms with Crippen molar-refractivity contribution in [2.75, 3.05) is 19.6 Å². The van der Waals surface area contributed by atoms with E-state index in [-0.39, 0.29) is 0 Å². The molecule has 5 rings (SSSR count). The summed E-state index contributed by atoms with van der Waals surface area (Å²) in [6.45, 7) is 3.37. The van der Waals surface area contributed by atoms with E-state index in [2.05, 4.69) is 87.9 Å². The van der Waals surface area contributed by atoms with Gasteiger partial charge in [0.15, 0.2) is 0 Å². The molecule has 2 N–H and O–H groups in total. The first kappa shape index (κ1) is 16.4. The number of hydrogen-bond donors (Lipinski definition) is 2. The molecule has 2 aromatic heterocycles. The Bertz CT molecular complexity index is 1080. The number of hydrogen-bond acceptors (Lipinski definition) is 1. The summed E-state index contributed by atoms with van der Waals surface area (Å²) in [6, 6.07) is 17.1. The molecule has 3 heteroatoms. The smallest absolute Gasteiger partial charge is 0.0460 e. The van der Waals surface area contributed by atoms with Crippen LogP contribution in [0.15, 0.2) is 67.0 Å². The Morgan fingerprint density at radius 2 is 1.52 bits per heavy atom. The van der Waals surface area contributed by atoms with Crippen molar-refractivity contribution < 1.29 is 0 Å². The summed E-state index contributed by atoms with van der Waals surface area (Å²) >= 11 is 0. The van der Waals surface area contributed by atoms with Gasteiger partial charge < -0.3 is 9.97 Å². The molecular weight excluding hydrogens is 330 g/mol. The van der Waals surface area contributed by atoms with Crippen LogP contribution in [0.2, 0.25) is 0 Å². The van der Waals surface area contributed by atoms with E-state index in [1.165, 1.54) is 58.9 Å². The molecule has 1 aliphatic rings. The lowest BCUT2D eigenvalue weighted by Gasteiger charge is -2.31. The van der Waals surface area contributed by atoms with Gasteiger partial charge >= 0.3 is 0 Å². The van der Waals surface area contributed by atoms with Crippen LogP contribution >= 0.6 is 0 Å². The minimum atomic E-state index is 0.676. The number of piperidine rings is 1. The molecule has 1 saturated heterocycles. The van der Waals surface area contributed by atoms with Gasteiger partial charge in [0.2, 0.25) is 0 Å². The van der Waals surface area contributed by atoms with E-state index >= 15 is 0 Å². The van der Waals surface area contributed by atoms with Gasteiger partial charge in [0.05, 0.1) is 0 Å². The van der Waals surface area contributed by atoms with Gasteiger partial charge in [-0.2, -0.15) is 0 Å². The number of aromatic amines is 2. The summed E-state index contributed by atoms with van der Waals surface area (Å²) in [5, 5.41) is 2.70. The first-order valence-electron chi connectivity index (χ1n) is 9.89. The Kier molecular flexibility index (Phi) is 4.30. The average molecular weight is 355 g/mol. The van der Waals surface area contributed by atoms with Crippen LogP contribution in [0, 0.1) is 0 Å². The molecule has 136 valence electrons. The van der Waals surface area contributed by atoms with Crippen LogP contribution in [0.25, 0.3) is 27.9 Å². The summed E-state index contributed by atoms with van der Waals surface area (Å²) in [4.78, 5) is 9.34. The zero-order valence-corrected chi connectivity index (χ0v) is 15.5. The zero-order chi connectivity index (χ0) is 18.1. The summed E-state index contributed by atoms with van der Waals surface area (Å²) in [6.07, 6.45) is 11.4. The van der Waals surface area contributed by atoms with Crippen LogP contribution in [0.3, 0.4) is 0 Å². The number of benzene rings is 2. The fourth-order valence-electron chi connectivity index (χ4n) is 4.42. The van der Waals surface area contributed by atoms with Crippen molar-refractivity contribution in [3.8, 4) is 0 Å². The number of para-hydroxylation sites is 2. The molecule has 4 aromatic rings. The van der Waals surface area contributed by atoms with Crippen molar-refractivity contribution in [3.05, 3.63) is 78.1 Å². The quantitative estimate of drug-likeness (QED) is 0.495. The summed E-state index contributed by atoms with van der Waals surface area (Å²) < 4.78 is 0. The van der Waals surface area contributed by atoms with Crippen LogP contribution in [-0.2, 0) is 0 Å². The molecule has 0 bridgehead atoms. The Morgan fingerprint density at radius 1 is 0.852 bits per heavy atom. The maximum Gasteiger partial charge on any atom is 0.0460 e. The van der Waals surface area contributed by atoms with Gasteiger partial charge in [0.25, 0.3) is 0 Å². The Hall–Kier alpha value is -2.78. The van der Waals surface area contributed by atoms with Crippen molar-refractivity contribution in [2.45, 2.75) is 18.8 Å². The van der Waals surface area contributed by atoms with Crippen LogP contribution in [0.1, 0.15) is 29.9 Å². The van der Waals surface area contributed by atoms with Gasteiger partial charge in [-0.1, -0.05) is 48.6 Å². The number of aromatic nitrogens is 2. The first-order valence-corrected chi connectivity index (χ1v) is 9.89. The van der Waals surface area contributed by atoms with E-state index in [0.29, 0.717) is 5.92 Å². The molecule has 3 heterocycles. The largest absolute Gasteiger partial charge is 0.361 e. The van der Waals surface area contributed by atoms with Crippen molar-refractivity contribution in [2.24, 2.45) is 0 Å². The number of H-pyrrole nitrogens is 2. The van der Waals surface area contributed by atoms with E-state index in [1.54, 1.807) is 0 Å². The molecule has 2 aromatic carbocycles. The third kappa shape index (κ3) is 3.19. The van der Waals surface area contributed by atoms with E-state index in [4.69, 9.17) is 0 Å². The van der Waals surface area contributed by atoms with Crippen LogP contribution < -0.4 is 0 Å². The molecular formula is C24H25N3. The molecule has 0 spiro atoms. The fourth-order valence-corrected chi connectivity index (χ4v) is 4.42. The Morgan fingerprint density at radius 3 is 2.33 bits per heavy atom. The van der Waals surface area contributed by atoms with Gasteiger partial charge in [-0.05, 0) is 55.1 Å². The van der Waals surface area contributed by atoms with Gasteiger partial charge in [-0.25, -0.2) is 0 Å². The predicted molar refractivity (Wildman–Crippen MR) is 114 cm³/mol. The monoisotopic (exact) mass is 355 g/mol. The van der Waals surface area contributed by atoms with Gasteiger partial charge in [-0.15, -0.1) is 0 Å². The molecule has 0 amide bonds. The lowest BCUT2D eigenvalue weighted by molar-refractivity contribution is 0.233. The third-order valence-electron chi connectivity index (χ3n) is 5.93. The minimum absolute atomic E-state index is 0.676. The molecule has 0 radical (unpaired) electrons. The van der Waals surface area contributed by atoms with Crippen LogP contribution in [0.5, 0.6) is 0 Å². The normalized spacial score (nSPS) is 16.7. The Labute approximate surface area is 159 Å². The third-order valence-corrected chi connectivity index (χ3v) is 5.93. The number of fused-ring (bicyclic) bond motifs is 2. The summed E-state index contributed by atoms with van der Waals surface area (Å²) in [5.41, 5.74) is 5.24. The lowest BCUT2D eigenvalue weighted by atomic mass is 9.89. The topological polar surface area (TPSA) is 34.8 Å². The maximum atomic E-state index is 3.43. The van der Waals surface area contributed by atoms with Gasteiger partial charge in [0, 0.05) is 40.7 Å². The molecule has 0 aliphatic carbocycles. The molecule has 3 nitrogen and oxygen atoms in total. The fraction of sp³-hybridized carbons (Fsp3) is 0.250. The molecule has 0 unspecified atom stereocenters. The maximum absolute atomic E-state index is 3.43. The molecule has 0 atom stereocenters. The molecule has 1 aliphatic heterocycles. The lowest BCUT2D eigenvalue weighted by Crippen LogP contribution is -2.32. The highest BCUT2D eigenvalue weighted by atomic mass is 15.1. The second kappa shape index (κ2) is 7.09. The zero-order valence-electron chi connectivity index (χ0n) is 15.5. The highest BCUT2D eigenvalue weighted by Gasteiger charge is 2.22. The highest BCUT2D eigenvalue weighted by Crippen LogP contribution is 2.33. The van der Waals surface area contributed by atoms with E-state index in [0.717, 1.165) is 6.54 Å². The summed E-state index contributed by atoms with van der Waals surface area (Å²) in [5.74, 6) is 0.676. The van der Waals surface area contributed by atoms with Gasteiger partial charge in [0.1, 0.15) is 0 Å².